The van der Waals surface area contributed by atoms with E-state index >= 15 is 0 Å². The fourth-order valence-electron chi connectivity index (χ4n) is 2.64. The lowest BCUT2D eigenvalue weighted by Crippen LogP contribution is -2.38. The van der Waals surface area contributed by atoms with Crippen LogP contribution >= 0.6 is 0 Å². The average molecular weight is 280 g/mol. The van der Waals surface area contributed by atoms with Crippen molar-refractivity contribution in [2.45, 2.75) is 52.5 Å². The molecule has 0 aliphatic rings. The van der Waals surface area contributed by atoms with E-state index in [1.54, 1.807) is 6.33 Å². The maximum atomic E-state index is 9.38. The summed E-state index contributed by atoms with van der Waals surface area (Å²) in [6.07, 6.45) is 5.67. The first kappa shape index (κ1) is 16.7. The van der Waals surface area contributed by atoms with Crippen LogP contribution in [0.5, 0.6) is 0 Å². The van der Waals surface area contributed by atoms with E-state index < -0.39 is 0 Å². The Balaban J connectivity index is 3.23. The lowest BCUT2D eigenvalue weighted by molar-refractivity contribution is 0.295. The molecule has 0 aromatic carbocycles. The first-order valence-corrected chi connectivity index (χ1v) is 7.62. The Morgan fingerprint density at radius 1 is 1.25 bits per heavy atom. The first-order valence-electron chi connectivity index (χ1n) is 7.62. The summed E-state index contributed by atoms with van der Waals surface area (Å²) in [5, 5.41) is 12.5. The van der Waals surface area contributed by atoms with Crippen LogP contribution in [-0.4, -0.2) is 41.3 Å². The summed E-state index contributed by atoms with van der Waals surface area (Å²) in [6, 6.07) is 0.400. The second-order valence-corrected chi connectivity index (χ2v) is 4.91. The molecule has 0 fully saturated rings. The monoisotopic (exact) mass is 280 g/mol. The van der Waals surface area contributed by atoms with Gasteiger partial charge < -0.3 is 15.3 Å². The highest BCUT2D eigenvalue weighted by molar-refractivity contribution is 5.59. The third kappa shape index (κ3) is 3.82. The van der Waals surface area contributed by atoms with E-state index in [-0.39, 0.29) is 6.61 Å². The van der Waals surface area contributed by atoms with Gasteiger partial charge in [-0.15, -0.1) is 0 Å². The van der Waals surface area contributed by atoms with Crippen molar-refractivity contribution in [3.63, 3.8) is 0 Å². The number of nitrogens with one attached hydrogen (secondary N) is 1. The van der Waals surface area contributed by atoms with Gasteiger partial charge in [0.25, 0.3) is 0 Å². The van der Waals surface area contributed by atoms with Crippen LogP contribution < -0.4 is 10.2 Å². The Bertz CT molecular complexity index is 393. The molecular formula is C15H28N4O. The predicted octanol–water partition coefficient (Wildman–Crippen LogP) is 2.46. The molecule has 0 amide bonds. The summed E-state index contributed by atoms with van der Waals surface area (Å²) in [5.74, 6) is 1.86. The number of aliphatic hydroxyl groups is 1. The van der Waals surface area contributed by atoms with Crippen LogP contribution in [0.4, 0.5) is 11.6 Å². The molecule has 114 valence electrons. The van der Waals surface area contributed by atoms with Crippen molar-refractivity contribution in [2.75, 3.05) is 30.4 Å². The summed E-state index contributed by atoms with van der Waals surface area (Å²) in [4.78, 5) is 11.1. The molecule has 0 bridgehead atoms. The van der Waals surface area contributed by atoms with Gasteiger partial charge in [0, 0.05) is 25.2 Å². The second kappa shape index (κ2) is 8.74. The molecule has 0 aliphatic heterocycles. The fourth-order valence-corrected chi connectivity index (χ4v) is 2.64. The molecule has 20 heavy (non-hydrogen) atoms. The average Bonchev–Trinajstić information content (AvgIpc) is 2.48. The SMILES string of the molecule is CCCc1c(NC)ncnc1N(CCO)C(CC)CC. The highest BCUT2D eigenvalue weighted by Crippen LogP contribution is 2.27. The van der Waals surface area contributed by atoms with Gasteiger partial charge >= 0.3 is 0 Å². The Labute approximate surface area is 122 Å². The van der Waals surface area contributed by atoms with Gasteiger partial charge in [0.1, 0.15) is 18.0 Å². The Kier molecular flexibility index (Phi) is 7.30. The standard InChI is InChI=1S/C15H28N4O/c1-5-8-13-14(16-4)17-11-18-15(13)19(9-10-20)12(6-2)7-3/h11-12,20H,5-10H2,1-4H3,(H,16,17,18). The lowest BCUT2D eigenvalue weighted by Gasteiger charge is -2.33. The quantitative estimate of drug-likeness (QED) is 0.727. The van der Waals surface area contributed by atoms with E-state index in [0.29, 0.717) is 12.6 Å². The van der Waals surface area contributed by atoms with E-state index in [0.717, 1.165) is 42.9 Å². The topological polar surface area (TPSA) is 61.3 Å². The van der Waals surface area contributed by atoms with Gasteiger partial charge in [-0.2, -0.15) is 0 Å². The van der Waals surface area contributed by atoms with Gasteiger partial charge in [-0.3, -0.25) is 0 Å². The molecule has 1 rings (SSSR count). The molecule has 5 heteroatoms. The first-order chi connectivity index (χ1) is 9.73. The van der Waals surface area contributed by atoms with E-state index in [4.69, 9.17) is 0 Å². The van der Waals surface area contributed by atoms with Crippen LogP contribution in [0.25, 0.3) is 0 Å². The van der Waals surface area contributed by atoms with E-state index in [1.165, 1.54) is 0 Å². The van der Waals surface area contributed by atoms with Crippen molar-refractivity contribution in [3.8, 4) is 0 Å². The number of rotatable bonds is 9. The zero-order valence-corrected chi connectivity index (χ0v) is 13.2. The van der Waals surface area contributed by atoms with Gasteiger partial charge in [-0.25, -0.2) is 9.97 Å². The molecule has 0 spiro atoms. The fraction of sp³-hybridized carbons (Fsp3) is 0.733. The normalized spacial score (nSPS) is 10.9. The van der Waals surface area contributed by atoms with Crippen LogP contribution in [-0.2, 0) is 6.42 Å². The molecule has 0 radical (unpaired) electrons. The van der Waals surface area contributed by atoms with Crippen LogP contribution in [0.1, 0.15) is 45.6 Å². The van der Waals surface area contributed by atoms with Gasteiger partial charge in [0.15, 0.2) is 0 Å². The minimum absolute atomic E-state index is 0.140. The zero-order valence-electron chi connectivity index (χ0n) is 13.2. The molecule has 5 nitrogen and oxygen atoms in total. The molecular weight excluding hydrogens is 252 g/mol. The zero-order chi connectivity index (χ0) is 15.0. The number of hydrogen-bond acceptors (Lipinski definition) is 5. The molecule has 0 unspecified atom stereocenters. The Morgan fingerprint density at radius 2 is 1.95 bits per heavy atom. The van der Waals surface area contributed by atoms with E-state index in [1.807, 2.05) is 7.05 Å². The molecule has 1 heterocycles. The molecule has 0 saturated heterocycles. The van der Waals surface area contributed by atoms with E-state index in [2.05, 4.69) is 41.0 Å². The third-order valence-electron chi connectivity index (χ3n) is 3.66. The molecule has 1 aromatic heterocycles. The predicted molar refractivity (Wildman–Crippen MR) is 84.4 cm³/mol. The van der Waals surface area contributed by atoms with Crippen molar-refractivity contribution >= 4 is 11.6 Å². The molecule has 1 aromatic rings. The lowest BCUT2D eigenvalue weighted by atomic mass is 10.1. The molecule has 0 saturated carbocycles. The van der Waals surface area contributed by atoms with Crippen LogP contribution in [0.2, 0.25) is 0 Å². The van der Waals surface area contributed by atoms with Crippen LogP contribution in [0.15, 0.2) is 6.33 Å². The number of hydrogen-bond donors (Lipinski definition) is 2. The minimum Gasteiger partial charge on any atom is -0.395 e. The number of nitrogens with zero attached hydrogens (tertiary/aromatic N) is 3. The molecule has 0 atom stereocenters. The summed E-state index contributed by atoms with van der Waals surface area (Å²) < 4.78 is 0. The third-order valence-corrected chi connectivity index (χ3v) is 3.66. The van der Waals surface area contributed by atoms with Crippen LogP contribution in [0.3, 0.4) is 0 Å². The smallest absolute Gasteiger partial charge is 0.137 e. The van der Waals surface area contributed by atoms with Crippen molar-refractivity contribution in [2.24, 2.45) is 0 Å². The largest absolute Gasteiger partial charge is 0.395 e. The van der Waals surface area contributed by atoms with Gasteiger partial charge in [0.2, 0.25) is 0 Å². The number of aromatic nitrogens is 2. The number of aliphatic hydroxyl groups excluding tert-OH is 1. The molecule has 0 aliphatic carbocycles. The maximum Gasteiger partial charge on any atom is 0.137 e. The minimum atomic E-state index is 0.140. The van der Waals surface area contributed by atoms with Crippen LogP contribution in [0, 0.1) is 0 Å². The maximum absolute atomic E-state index is 9.38. The van der Waals surface area contributed by atoms with Crippen molar-refractivity contribution in [1.82, 2.24) is 9.97 Å². The summed E-state index contributed by atoms with van der Waals surface area (Å²) >= 11 is 0. The Hall–Kier alpha value is -1.36. The highest BCUT2D eigenvalue weighted by atomic mass is 16.3. The highest BCUT2D eigenvalue weighted by Gasteiger charge is 2.21. The Morgan fingerprint density at radius 3 is 2.45 bits per heavy atom. The van der Waals surface area contributed by atoms with Crippen molar-refractivity contribution < 1.29 is 5.11 Å². The van der Waals surface area contributed by atoms with Gasteiger partial charge in [-0.1, -0.05) is 27.2 Å². The summed E-state index contributed by atoms with van der Waals surface area (Å²) in [6.45, 7) is 7.27. The van der Waals surface area contributed by atoms with Crippen molar-refractivity contribution in [3.05, 3.63) is 11.9 Å². The van der Waals surface area contributed by atoms with Crippen molar-refractivity contribution in [1.29, 1.82) is 0 Å². The summed E-state index contributed by atoms with van der Waals surface area (Å²) in [7, 11) is 1.89. The van der Waals surface area contributed by atoms with Gasteiger partial charge in [-0.05, 0) is 19.3 Å². The second-order valence-electron chi connectivity index (χ2n) is 4.91. The van der Waals surface area contributed by atoms with E-state index in [9.17, 15) is 5.11 Å². The van der Waals surface area contributed by atoms with Gasteiger partial charge in [0.05, 0.1) is 6.61 Å². The molecule has 2 N–H and O–H groups in total. The summed E-state index contributed by atoms with van der Waals surface area (Å²) in [5.41, 5.74) is 1.15. The number of anilines is 2.